The van der Waals surface area contributed by atoms with E-state index in [2.05, 4.69) is 50.0 Å². The molecule has 0 aliphatic rings. The van der Waals surface area contributed by atoms with E-state index in [4.69, 9.17) is 4.74 Å². The molecule has 0 fully saturated rings. The molecule has 0 bridgehead atoms. The molecule has 1 heterocycles. The molecular formula is C20H24N2O2. The molecule has 126 valence electrons. The molecule has 3 aromatic rings. The Morgan fingerprint density at radius 2 is 1.83 bits per heavy atom. The van der Waals surface area contributed by atoms with Crippen LogP contribution >= 0.6 is 0 Å². The van der Waals surface area contributed by atoms with E-state index >= 15 is 0 Å². The maximum Gasteiger partial charge on any atom is 0.119 e. The van der Waals surface area contributed by atoms with Crippen LogP contribution in [0.2, 0.25) is 0 Å². The fourth-order valence-corrected chi connectivity index (χ4v) is 2.75. The minimum Gasteiger partial charge on any atom is -0.491 e. The van der Waals surface area contributed by atoms with Gasteiger partial charge in [-0.05, 0) is 61.2 Å². The van der Waals surface area contributed by atoms with Gasteiger partial charge in [0, 0.05) is 0 Å². The number of fused-ring (bicyclic) bond motifs is 1. The predicted molar refractivity (Wildman–Crippen MR) is 96.5 cm³/mol. The summed E-state index contributed by atoms with van der Waals surface area (Å²) >= 11 is 0. The van der Waals surface area contributed by atoms with Gasteiger partial charge in [0.15, 0.2) is 0 Å². The quantitative estimate of drug-likeness (QED) is 0.753. The zero-order chi connectivity index (χ0) is 17.1. The molecule has 4 nitrogen and oxygen atoms in total. The van der Waals surface area contributed by atoms with Gasteiger partial charge in [0.1, 0.15) is 18.5 Å². The Labute approximate surface area is 142 Å². The maximum atomic E-state index is 10.3. The molecule has 4 heteroatoms. The van der Waals surface area contributed by atoms with Gasteiger partial charge < -0.3 is 14.4 Å². The first kappa shape index (κ1) is 16.5. The second kappa shape index (κ2) is 7.05. The Kier molecular flexibility index (Phi) is 4.86. The van der Waals surface area contributed by atoms with Crippen molar-refractivity contribution in [1.82, 2.24) is 9.55 Å². The van der Waals surface area contributed by atoms with Crippen LogP contribution < -0.4 is 4.74 Å². The first-order chi connectivity index (χ1) is 11.6. The third-order valence-corrected chi connectivity index (χ3v) is 4.42. The van der Waals surface area contributed by atoms with Crippen molar-refractivity contribution in [2.24, 2.45) is 0 Å². The van der Waals surface area contributed by atoms with Crippen LogP contribution in [0.1, 0.15) is 23.6 Å². The minimum absolute atomic E-state index is 0.260. The van der Waals surface area contributed by atoms with E-state index in [1.807, 2.05) is 16.7 Å². The van der Waals surface area contributed by atoms with Gasteiger partial charge in [0.05, 0.1) is 23.9 Å². The van der Waals surface area contributed by atoms with Crippen LogP contribution in [0, 0.1) is 13.8 Å². The monoisotopic (exact) mass is 324 g/mol. The van der Waals surface area contributed by atoms with Crippen LogP contribution in [0.15, 0.2) is 42.7 Å². The lowest BCUT2D eigenvalue weighted by molar-refractivity contribution is 0.0934. The summed E-state index contributed by atoms with van der Waals surface area (Å²) in [5.41, 5.74) is 5.74. The van der Waals surface area contributed by atoms with E-state index in [1.165, 1.54) is 16.7 Å². The molecule has 0 saturated heterocycles. The molecule has 3 rings (SSSR count). The number of aryl methyl sites for hydroxylation is 3. The van der Waals surface area contributed by atoms with Crippen molar-refractivity contribution in [2.75, 3.05) is 6.61 Å². The molecule has 0 saturated carbocycles. The molecule has 0 aliphatic carbocycles. The molecule has 0 amide bonds. The second-order valence-electron chi connectivity index (χ2n) is 6.28. The first-order valence-electron chi connectivity index (χ1n) is 8.38. The summed E-state index contributed by atoms with van der Waals surface area (Å²) in [6, 6.07) is 12.2. The summed E-state index contributed by atoms with van der Waals surface area (Å²) in [6.45, 7) is 7.02. The summed E-state index contributed by atoms with van der Waals surface area (Å²) < 4.78 is 7.67. The van der Waals surface area contributed by atoms with Crippen LogP contribution in [-0.2, 0) is 13.0 Å². The van der Waals surface area contributed by atoms with Crippen molar-refractivity contribution in [2.45, 2.75) is 39.8 Å². The van der Waals surface area contributed by atoms with E-state index in [-0.39, 0.29) is 6.61 Å². The minimum atomic E-state index is -0.588. The van der Waals surface area contributed by atoms with Crippen LogP contribution in [0.4, 0.5) is 0 Å². The largest absolute Gasteiger partial charge is 0.491 e. The molecule has 1 atom stereocenters. The lowest BCUT2D eigenvalue weighted by Gasteiger charge is -2.14. The maximum absolute atomic E-state index is 10.3. The lowest BCUT2D eigenvalue weighted by atomic mass is 10.1. The Bertz CT molecular complexity index is 822. The second-order valence-corrected chi connectivity index (χ2v) is 6.28. The number of hydrogen-bond donors (Lipinski definition) is 1. The van der Waals surface area contributed by atoms with Gasteiger partial charge in [-0.3, -0.25) is 0 Å². The molecule has 0 unspecified atom stereocenters. The number of hydrogen-bond acceptors (Lipinski definition) is 3. The summed E-state index contributed by atoms with van der Waals surface area (Å²) in [5, 5.41) is 10.3. The van der Waals surface area contributed by atoms with Gasteiger partial charge in [0.2, 0.25) is 0 Å². The van der Waals surface area contributed by atoms with Gasteiger partial charge in [-0.1, -0.05) is 19.1 Å². The van der Waals surface area contributed by atoms with E-state index in [9.17, 15) is 5.11 Å². The molecule has 0 spiro atoms. The summed E-state index contributed by atoms with van der Waals surface area (Å²) in [4.78, 5) is 4.42. The fourth-order valence-electron chi connectivity index (χ4n) is 2.75. The zero-order valence-corrected chi connectivity index (χ0v) is 14.5. The number of imidazole rings is 1. The highest BCUT2D eigenvalue weighted by molar-refractivity contribution is 5.77. The van der Waals surface area contributed by atoms with Crippen molar-refractivity contribution in [3.8, 4) is 5.75 Å². The number of rotatable bonds is 6. The van der Waals surface area contributed by atoms with Crippen molar-refractivity contribution >= 4 is 11.0 Å². The summed E-state index contributed by atoms with van der Waals surface area (Å²) in [7, 11) is 0. The average Bonchev–Trinajstić information content (AvgIpc) is 2.95. The third-order valence-electron chi connectivity index (χ3n) is 4.42. The lowest BCUT2D eigenvalue weighted by Crippen LogP contribution is -2.23. The average molecular weight is 324 g/mol. The number of aromatic nitrogens is 2. The number of aliphatic hydroxyl groups is 1. The van der Waals surface area contributed by atoms with Crippen LogP contribution in [0.3, 0.4) is 0 Å². The van der Waals surface area contributed by atoms with Gasteiger partial charge in [-0.25, -0.2) is 4.98 Å². The van der Waals surface area contributed by atoms with Crippen molar-refractivity contribution in [3.63, 3.8) is 0 Å². The molecule has 0 radical (unpaired) electrons. The van der Waals surface area contributed by atoms with E-state index < -0.39 is 6.10 Å². The highest BCUT2D eigenvalue weighted by Crippen LogP contribution is 2.19. The highest BCUT2D eigenvalue weighted by atomic mass is 16.5. The van der Waals surface area contributed by atoms with Gasteiger partial charge in [-0.2, -0.15) is 0 Å². The molecular weight excluding hydrogens is 300 g/mol. The van der Waals surface area contributed by atoms with E-state index in [0.29, 0.717) is 6.54 Å². The number of ether oxygens (including phenoxy) is 1. The van der Waals surface area contributed by atoms with E-state index in [1.54, 1.807) is 6.33 Å². The Balaban J connectivity index is 1.64. The highest BCUT2D eigenvalue weighted by Gasteiger charge is 2.10. The molecule has 2 aromatic carbocycles. The topological polar surface area (TPSA) is 47.3 Å². The molecule has 24 heavy (non-hydrogen) atoms. The third kappa shape index (κ3) is 3.60. The van der Waals surface area contributed by atoms with Crippen LogP contribution in [0.25, 0.3) is 11.0 Å². The van der Waals surface area contributed by atoms with Crippen LogP contribution in [0.5, 0.6) is 5.75 Å². The number of aliphatic hydroxyl groups excluding tert-OH is 1. The molecule has 0 aliphatic heterocycles. The van der Waals surface area contributed by atoms with Crippen molar-refractivity contribution in [3.05, 3.63) is 59.4 Å². The standard InChI is InChI=1S/C20H24N2O2/c1-4-16-5-7-18(8-6-16)24-12-17(23)11-22-13-21-19-9-14(2)15(3)10-20(19)22/h5-10,13,17,23H,4,11-12H2,1-3H3/t17-/m1/s1. The van der Waals surface area contributed by atoms with Crippen LogP contribution in [-0.4, -0.2) is 27.4 Å². The molecule has 1 aromatic heterocycles. The van der Waals surface area contributed by atoms with Crippen molar-refractivity contribution in [1.29, 1.82) is 0 Å². The van der Waals surface area contributed by atoms with Gasteiger partial charge in [-0.15, -0.1) is 0 Å². The SMILES string of the molecule is CCc1ccc(OC[C@H](O)Cn2cnc3cc(C)c(C)cc32)cc1. The Morgan fingerprint density at radius 1 is 1.12 bits per heavy atom. The van der Waals surface area contributed by atoms with Gasteiger partial charge in [0.25, 0.3) is 0 Å². The number of benzene rings is 2. The number of nitrogens with zero attached hydrogens (tertiary/aromatic N) is 2. The summed E-state index contributed by atoms with van der Waals surface area (Å²) in [6.07, 6.45) is 2.20. The fraction of sp³-hybridized carbons (Fsp3) is 0.350. The van der Waals surface area contributed by atoms with E-state index in [0.717, 1.165) is 23.2 Å². The normalized spacial score (nSPS) is 12.5. The smallest absolute Gasteiger partial charge is 0.119 e. The predicted octanol–water partition coefficient (Wildman–Crippen LogP) is 3.66. The Morgan fingerprint density at radius 3 is 2.54 bits per heavy atom. The zero-order valence-electron chi connectivity index (χ0n) is 14.5. The first-order valence-corrected chi connectivity index (χ1v) is 8.38. The Hall–Kier alpha value is -2.33. The van der Waals surface area contributed by atoms with Crippen molar-refractivity contribution < 1.29 is 9.84 Å². The summed E-state index contributed by atoms with van der Waals surface area (Å²) in [5.74, 6) is 0.785. The van der Waals surface area contributed by atoms with Gasteiger partial charge >= 0.3 is 0 Å². The molecule has 1 N–H and O–H groups in total.